The number of aromatic nitrogens is 2. The Kier molecular flexibility index (Phi) is 3.50. The average molecular weight is 262 g/mol. The summed E-state index contributed by atoms with van der Waals surface area (Å²) in [5.41, 5.74) is 7.31. The maximum absolute atomic E-state index is 13.5. The molecule has 0 aliphatic rings. The van der Waals surface area contributed by atoms with Crippen LogP contribution in [0.25, 0.3) is 0 Å². The molecule has 19 heavy (non-hydrogen) atoms. The fourth-order valence-corrected chi connectivity index (χ4v) is 1.71. The van der Waals surface area contributed by atoms with Crippen LogP contribution in [0.5, 0.6) is 0 Å². The summed E-state index contributed by atoms with van der Waals surface area (Å²) >= 11 is 0. The van der Waals surface area contributed by atoms with Crippen molar-refractivity contribution in [3.05, 3.63) is 46.9 Å². The highest BCUT2D eigenvalue weighted by Crippen LogP contribution is 2.12. The van der Waals surface area contributed by atoms with E-state index in [1.54, 1.807) is 26.2 Å². The summed E-state index contributed by atoms with van der Waals surface area (Å²) in [6.45, 7) is 2.02. The SMILES string of the molecule is Cc1ccc(F)c(C(=O)NCc2cnn(C)c2N)c1. The van der Waals surface area contributed by atoms with E-state index in [1.807, 2.05) is 0 Å². The Hall–Kier alpha value is -2.37. The van der Waals surface area contributed by atoms with Crippen molar-refractivity contribution in [3.63, 3.8) is 0 Å². The number of hydrogen-bond donors (Lipinski definition) is 2. The van der Waals surface area contributed by atoms with Crippen molar-refractivity contribution < 1.29 is 9.18 Å². The summed E-state index contributed by atoms with van der Waals surface area (Å²) in [7, 11) is 1.71. The lowest BCUT2D eigenvalue weighted by molar-refractivity contribution is 0.0947. The molecule has 0 fully saturated rings. The minimum absolute atomic E-state index is 0.0301. The van der Waals surface area contributed by atoms with Crippen LogP contribution < -0.4 is 11.1 Å². The Morgan fingerprint density at radius 1 is 1.53 bits per heavy atom. The van der Waals surface area contributed by atoms with Gasteiger partial charge in [-0.15, -0.1) is 0 Å². The Morgan fingerprint density at radius 2 is 2.26 bits per heavy atom. The molecule has 0 aliphatic heterocycles. The number of rotatable bonds is 3. The number of benzene rings is 1. The van der Waals surface area contributed by atoms with Crippen LogP contribution in [-0.2, 0) is 13.6 Å². The van der Waals surface area contributed by atoms with Gasteiger partial charge in [0.15, 0.2) is 0 Å². The molecule has 1 aromatic carbocycles. The molecule has 5 nitrogen and oxygen atoms in total. The molecule has 0 bridgehead atoms. The standard InChI is InChI=1S/C13H15FN4O/c1-8-3-4-11(14)10(5-8)13(19)16-6-9-7-17-18(2)12(9)15/h3-5,7H,6,15H2,1-2H3,(H,16,19). The average Bonchev–Trinajstić information content (AvgIpc) is 2.70. The van der Waals surface area contributed by atoms with E-state index in [0.717, 1.165) is 5.56 Å². The molecule has 0 saturated heterocycles. The number of halogens is 1. The van der Waals surface area contributed by atoms with E-state index in [9.17, 15) is 9.18 Å². The largest absolute Gasteiger partial charge is 0.384 e. The number of aryl methyl sites for hydroxylation is 2. The number of nitrogens with two attached hydrogens (primary N) is 1. The van der Waals surface area contributed by atoms with Crippen molar-refractivity contribution in [2.45, 2.75) is 13.5 Å². The van der Waals surface area contributed by atoms with Gasteiger partial charge in [0.1, 0.15) is 11.6 Å². The summed E-state index contributed by atoms with van der Waals surface area (Å²) < 4.78 is 15.0. The molecule has 6 heteroatoms. The zero-order valence-corrected chi connectivity index (χ0v) is 10.8. The third-order valence-corrected chi connectivity index (χ3v) is 2.87. The molecule has 3 N–H and O–H groups in total. The predicted molar refractivity (Wildman–Crippen MR) is 69.9 cm³/mol. The molecule has 1 amide bonds. The number of nitrogens with zero attached hydrogens (tertiary/aromatic N) is 2. The number of anilines is 1. The molecule has 2 rings (SSSR count). The molecular formula is C13H15FN4O. The highest BCUT2D eigenvalue weighted by Gasteiger charge is 2.12. The summed E-state index contributed by atoms with van der Waals surface area (Å²) in [6, 6.07) is 4.41. The number of hydrogen-bond acceptors (Lipinski definition) is 3. The van der Waals surface area contributed by atoms with Gasteiger partial charge in [-0.3, -0.25) is 9.48 Å². The first-order chi connectivity index (χ1) is 8.99. The van der Waals surface area contributed by atoms with Gasteiger partial charge in [-0.2, -0.15) is 5.10 Å². The molecular weight excluding hydrogens is 247 g/mol. The quantitative estimate of drug-likeness (QED) is 0.877. The summed E-state index contributed by atoms with van der Waals surface area (Å²) in [5, 5.41) is 6.59. The van der Waals surface area contributed by atoms with Gasteiger partial charge in [-0.25, -0.2) is 4.39 Å². The van der Waals surface area contributed by atoms with Gasteiger partial charge < -0.3 is 11.1 Å². The number of carbonyl (C=O) groups excluding carboxylic acids is 1. The van der Waals surface area contributed by atoms with E-state index in [-0.39, 0.29) is 12.1 Å². The topological polar surface area (TPSA) is 72.9 Å². The molecule has 0 radical (unpaired) electrons. The maximum Gasteiger partial charge on any atom is 0.254 e. The maximum atomic E-state index is 13.5. The fraction of sp³-hybridized carbons (Fsp3) is 0.231. The van der Waals surface area contributed by atoms with Crippen LogP contribution in [0, 0.1) is 12.7 Å². The van der Waals surface area contributed by atoms with Crippen molar-refractivity contribution >= 4 is 11.7 Å². The zero-order chi connectivity index (χ0) is 14.0. The van der Waals surface area contributed by atoms with Crippen LogP contribution in [0.2, 0.25) is 0 Å². The van der Waals surface area contributed by atoms with Crippen molar-refractivity contribution in [2.75, 3.05) is 5.73 Å². The van der Waals surface area contributed by atoms with E-state index in [2.05, 4.69) is 10.4 Å². The third-order valence-electron chi connectivity index (χ3n) is 2.87. The second-order valence-corrected chi connectivity index (χ2v) is 4.34. The monoisotopic (exact) mass is 262 g/mol. The Balaban J connectivity index is 2.09. The highest BCUT2D eigenvalue weighted by molar-refractivity contribution is 5.94. The van der Waals surface area contributed by atoms with Gasteiger partial charge >= 0.3 is 0 Å². The Labute approximate surface area is 110 Å². The molecule has 1 aromatic heterocycles. The zero-order valence-electron chi connectivity index (χ0n) is 10.8. The fourth-order valence-electron chi connectivity index (χ4n) is 1.71. The van der Waals surface area contributed by atoms with Crippen LogP contribution in [0.3, 0.4) is 0 Å². The summed E-state index contributed by atoms with van der Waals surface area (Å²) in [4.78, 5) is 11.9. The van der Waals surface area contributed by atoms with Gasteiger partial charge in [0.2, 0.25) is 0 Å². The molecule has 0 aliphatic carbocycles. The highest BCUT2D eigenvalue weighted by atomic mass is 19.1. The van der Waals surface area contributed by atoms with Gasteiger partial charge in [-0.05, 0) is 19.1 Å². The second kappa shape index (κ2) is 5.09. The first-order valence-corrected chi connectivity index (χ1v) is 5.79. The summed E-state index contributed by atoms with van der Waals surface area (Å²) in [6.07, 6.45) is 1.57. The van der Waals surface area contributed by atoms with Gasteiger partial charge in [0, 0.05) is 19.2 Å². The van der Waals surface area contributed by atoms with Crippen molar-refractivity contribution in [1.82, 2.24) is 15.1 Å². The molecule has 0 spiro atoms. The van der Waals surface area contributed by atoms with Crippen molar-refractivity contribution in [1.29, 1.82) is 0 Å². The lowest BCUT2D eigenvalue weighted by Gasteiger charge is -2.06. The van der Waals surface area contributed by atoms with Crippen LogP contribution in [0.15, 0.2) is 24.4 Å². The van der Waals surface area contributed by atoms with Crippen LogP contribution in [-0.4, -0.2) is 15.7 Å². The third kappa shape index (κ3) is 2.73. The minimum Gasteiger partial charge on any atom is -0.384 e. The second-order valence-electron chi connectivity index (χ2n) is 4.34. The van der Waals surface area contributed by atoms with E-state index in [4.69, 9.17) is 5.73 Å². The van der Waals surface area contributed by atoms with E-state index in [1.165, 1.54) is 16.8 Å². The first-order valence-electron chi connectivity index (χ1n) is 5.79. The van der Waals surface area contributed by atoms with Crippen LogP contribution >= 0.6 is 0 Å². The molecule has 0 saturated carbocycles. The smallest absolute Gasteiger partial charge is 0.254 e. The van der Waals surface area contributed by atoms with Crippen LogP contribution in [0.1, 0.15) is 21.5 Å². The Morgan fingerprint density at radius 3 is 2.89 bits per heavy atom. The van der Waals surface area contributed by atoms with Crippen LogP contribution in [0.4, 0.5) is 10.2 Å². The molecule has 100 valence electrons. The van der Waals surface area contributed by atoms with Gasteiger partial charge in [-0.1, -0.05) is 11.6 Å². The van der Waals surface area contributed by atoms with E-state index >= 15 is 0 Å². The van der Waals surface area contributed by atoms with E-state index in [0.29, 0.717) is 11.4 Å². The Bertz CT molecular complexity index is 621. The van der Waals surface area contributed by atoms with Gasteiger partial charge in [0.25, 0.3) is 5.91 Å². The normalized spacial score (nSPS) is 10.5. The molecule has 0 atom stereocenters. The molecule has 2 aromatic rings. The molecule has 1 heterocycles. The van der Waals surface area contributed by atoms with Crippen molar-refractivity contribution in [3.8, 4) is 0 Å². The first kappa shape index (κ1) is 13.1. The van der Waals surface area contributed by atoms with Crippen molar-refractivity contribution in [2.24, 2.45) is 7.05 Å². The van der Waals surface area contributed by atoms with E-state index < -0.39 is 11.7 Å². The number of nitrogens with one attached hydrogen (secondary N) is 1. The predicted octanol–water partition coefficient (Wildman–Crippen LogP) is 1.38. The van der Waals surface area contributed by atoms with Gasteiger partial charge in [0.05, 0.1) is 11.8 Å². The number of amides is 1. The minimum atomic E-state index is -0.540. The lowest BCUT2D eigenvalue weighted by Crippen LogP contribution is -2.24. The summed E-state index contributed by atoms with van der Waals surface area (Å²) in [5.74, 6) is -0.531. The molecule has 0 unspecified atom stereocenters. The lowest BCUT2D eigenvalue weighted by atomic mass is 10.1. The number of carbonyl (C=O) groups is 1. The number of nitrogen functional groups attached to an aromatic ring is 1.